The maximum Gasteiger partial charge on any atom is 0.321 e. The lowest BCUT2D eigenvalue weighted by Gasteiger charge is -2.23. The summed E-state index contributed by atoms with van der Waals surface area (Å²) in [6, 6.07) is 1.32. The number of nitrogens with one attached hydrogen (secondary N) is 3. The van der Waals surface area contributed by atoms with E-state index in [1.165, 1.54) is 77.0 Å². The number of halogens is 1. The quantitative estimate of drug-likeness (QED) is 0.107. The molecule has 1 saturated heterocycles. The van der Waals surface area contributed by atoms with Crippen LogP contribution in [0.2, 0.25) is 0 Å². The van der Waals surface area contributed by atoms with E-state index in [1.54, 1.807) is 18.5 Å². The van der Waals surface area contributed by atoms with Gasteiger partial charge in [-0.25, -0.2) is 24.1 Å². The number of unbranched alkanes of at least 4 members (excludes halogenated alkanes) is 13. The first-order chi connectivity index (χ1) is 22.3. The molecule has 1 atom stereocenters. The first-order valence-electron chi connectivity index (χ1n) is 17.8. The standard InChI is InChI=1S/C37H56FN6O2/c1-5-7-8-9-10-11-12-13-14-15-16-17-18-19-22-37(3,4)34-40-25-27(26-41-34)28-24-29-33(31(32(28)38)30-21-20-23-46-30)43-35(42-29)44-36(45)39-6-2/h24-26,30H,1,5-23H2,2-4H3,(H3,39,42,43,44,45)/t30-/m1/s1. The zero-order valence-corrected chi connectivity index (χ0v) is 28.5. The Morgan fingerprint density at radius 2 is 1.61 bits per heavy atom. The van der Waals surface area contributed by atoms with Crippen molar-refractivity contribution in [2.75, 3.05) is 18.5 Å². The molecule has 2 amide bonds. The van der Waals surface area contributed by atoms with Crippen LogP contribution in [0.25, 0.3) is 22.2 Å². The lowest BCUT2D eigenvalue weighted by atomic mass is 9.85. The molecule has 1 aliphatic rings. The molecule has 0 aliphatic carbocycles. The van der Waals surface area contributed by atoms with Gasteiger partial charge < -0.3 is 15.0 Å². The number of aromatic amines is 1. The van der Waals surface area contributed by atoms with Gasteiger partial charge >= 0.3 is 6.03 Å². The van der Waals surface area contributed by atoms with E-state index < -0.39 is 0 Å². The van der Waals surface area contributed by atoms with E-state index in [-0.39, 0.29) is 29.3 Å². The fraction of sp³-hybridized carbons (Fsp3) is 0.649. The molecule has 0 unspecified atom stereocenters. The summed E-state index contributed by atoms with van der Waals surface area (Å²) in [7, 11) is 0. The van der Waals surface area contributed by atoms with Crippen LogP contribution in [-0.4, -0.2) is 39.1 Å². The van der Waals surface area contributed by atoms with Gasteiger partial charge in [-0.15, -0.1) is 0 Å². The number of imidazole rings is 1. The van der Waals surface area contributed by atoms with Crippen LogP contribution in [0.1, 0.15) is 147 Å². The van der Waals surface area contributed by atoms with Gasteiger partial charge in [-0.2, -0.15) is 0 Å². The topological polar surface area (TPSA) is 105 Å². The number of rotatable bonds is 20. The Morgan fingerprint density at radius 1 is 1.00 bits per heavy atom. The molecule has 2 aromatic heterocycles. The first-order valence-corrected chi connectivity index (χ1v) is 17.8. The van der Waals surface area contributed by atoms with Crippen molar-refractivity contribution in [2.24, 2.45) is 0 Å². The molecule has 3 aromatic rings. The number of carbonyl (C=O) groups is 1. The molecule has 1 aromatic carbocycles. The van der Waals surface area contributed by atoms with E-state index in [9.17, 15) is 4.79 Å². The van der Waals surface area contributed by atoms with Gasteiger partial charge in [-0.05, 0) is 32.3 Å². The fourth-order valence-corrected chi connectivity index (χ4v) is 6.46. The summed E-state index contributed by atoms with van der Waals surface area (Å²) in [6.45, 7) is 11.2. The van der Waals surface area contributed by atoms with E-state index in [0.717, 1.165) is 37.9 Å². The first kappa shape index (κ1) is 35.8. The van der Waals surface area contributed by atoms with Crippen LogP contribution in [0.3, 0.4) is 0 Å². The van der Waals surface area contributed by atoms with Gasteiger partial charge in [0.15, 0.2) is 0 Å². The SMILES string of the molecule is [CH2]CCCCCCCCCCCCCCCC(C)(C)c1ncc(-c2cc3nc(NC(=O)NCC)[nH]c3c([C@H]3CCCO3)c2F)cn1. The number of anilines is 1. The predicted molar refractivity (Wildman–Crippen MR) is 185 cm³/mol. The molecule has 3 N–H and O–H groups in total. The van der Waals surface area contributed by atoms with Gasteiger partial charge in [0, 0.05) is 47.7 Å². The van der Waals surface area contributed by atoms with Gasteiger partial charge in [0.25, 0.3) is 0 Å². The number of fused-ring (bicyclic) bond motifs is 1. The van der Waals surface area contributed by atoms with Crippen LogP contribution >= 0.6 is 0 Å². The molecule has 4 rings (SSSR count). The molecule has 0 saturated carbocycles. The van der Waals surface area contributed by atoms with Crippen molar-refractivity contribution < 1.29 is 13.9 Å². The number of amides is 2. The van der Waals surface area contributed by atoms with Gasteiger partial charge in [-0.1, -0.05) is 111 Å². The second kappa shape index (κ2) is 18.3. The zero-order chi connectivity index (χ0) is 32.8. The maximum atomic E-state index is 16.2. The van der Waals surface area contributed by atoms with E-state index in [0.29, 0.717) is 40.9 Å². The monoisotopic (exact) mass is 635 g/mol. The number of hydrogen-bond acceptors (Lipinski definition) is 5. The van der Waals surface area contributed by atoms with Crippen molar-refractivity contribution in [1.29, 1.82) is 0 Å². The minimum Gasteiger partial charge on any atom is -0.373 e. The average Bonchev–Trinajstić information content (AvgIpc) is 3.71. The summed E-state index contributed by atoms with van der Waals surface area (Å²) in [6.07, 6.45) is 23.9. The third kappa shape index (κ3) is 10.2. The highest BCUT2D eigenvalue weighted by atomic mass is 19.1. The molecule has 0 spiro atoms. The number of nitrogens with zero attached hydrogens (tertiary/aromatic N) is 3. The van der Waals surface area contributed by atoms with Crippen molar-refractivity contribution in [3.05, 3.63) is 42.6 Å². The summed E-state index contributed by atoms with van der Waals surface area (Å²) in [4.78, 5) is 29.2. The van der Waals surface area contributed by atoms with Crippen LogP contribution in [0, 0.1) is 12.7 Å². The van der Waals surface area contributed by atoms with Crippen molar-refractivity contribution in [2.45, 2.75) is 141 Å². The second-order valence-electron chi connectivity index (χ2n) is 13.5. The fourth-order valence-electron chi connectivity index (χ4n) is 6.46. The number of H-pyrrole nitrogens is 1. The lowest BCUT2D eigenvalue weighted by Crippen LogP contribution is -2.28. The van der Waals surface area contributed by atoms with Gasteiger partial charge in [0.05, 0.1) is 17.1 Å². The molecule has 8 nitrogen and oxygen atoms in total. The molecular weight excluding hydrogens is 579 g/mol. The zero-order valence-electron chi connectivity index (χ0n) is 28.5. The number of ether oxygens (including phenoxy) is 1. The van der Waals surface area contributed by atoms with Crippen LogP contribution in [-0.2, 0) is 10.2 Å². The van der Waals surface area contributed by atoms with E-state index in [4.69, 9.17) is 14.7 Å². The Kier molecular flexibility index (Phi) is 14.2. The van der Waals surface area contributed by atoms with E-state index in [1.807, 2.05) is 6.92 Å². The van der Waals surface area contributed by atoms with Gasteiger partial charge in [0.1, 0.15) is 11.6 Å². The highest BCUT2D eigenvalue weighted by Gasteiger charge is 2.29. The van der Waals surface area contributed by atoms with Crippen molar-refractivity contribution in [3.63, 3.8) is 0 Å². The molecule has 1 aliphatic heterocycles. The highest BCUT2D eigenvalue weighted by Crippen LogP contribution is 2.39. The summed E-state index contributed by atoms with van der Waals surface area (Å²) in [5.74, 6) is 0.659. The van der Waals surface area contributed by atoms with Crippen molar-refractivity contribution in [1.82, 2.24) is 25.3 Å². The second-order valence-corrected chi connectivity index (χ2v) is 13.5. The molecule has 46 heavy (non-hydrogen) atoms. The number of urea groups is 1. The normalized spacial score (nSPS) is 15.1. The third-order valence-electron chi connectivity index (χ3n) is 9.20. The van der Waals surface area contributed by atoms with Crippen molar-refractivity contribution in [3.8, 4) is 11.1 Å². The van der Waals surface area contributed by atoms with Crippen molar-refractivity contribution >= 4 is 23.0 Å². The number of carbonyl (C=O) groups excluding carboxylic acids is 1. The van der Waals surface area contributed by atoms with Crippen LogP contribution in [0.5, 0.6) is 0 Å². The van der Waals surface area contributed by atoms with E-state index in [2.05, 4.69) is 41.4 Å². The van der Waals surface area contributed by atoms with Gasteiger partial charge in [0.2, 0.25) is 5.95 Å². The minimum absolute atomic E-state index is 0.167. The molecule has 253 valence electrons. The molecule has 3 heterocycles. The predicted octanol–water partition coefficient (Wildman–Crippen LogP) is 10.1. The van der Waals surface area contributed by atoms with Gasteiger partial charge in [-0.3, -0.25) is 5.32 Å². The average molecular weight is 636 g/mol. The number of benzene rings is 1. The molecule has 1 fully saturated rings. The smallest absolute Gasteiger partial charge is 0.321 e. The van der Waals surface area contributed by atoms with Crippen LogP contribution < -0.4 is 10.6 Å². The number of aromatic nitrogens is 4. The molecule has 9 heteroatoms. The third-order valence-corrected chi connectivity index (χ3v) is 9.20. The molecular formula is C37H56FN6O2. The minimum atomic E-state index is -0.386. The highest BCUT2D eigenvalue weighted by molar-refractivity contribution is 5.92. The lowest BCUT2D eigenvalue weighted by molar-refractivity contribution is 0.110. The number of hydrogen-bond donors (Lipinski definition) is 3. The molecule has 1 radical (unpaired) electrons. The van der Waals surface area contributed by atoms with E-state index >= 15 is 4.39 Å². The molecule has 0 bridgehead atoms. The summed E-state index contributed by atoms with van der Waals surface area (Å²) < 4.78 is 22.1. The Hall–Kier alpha value is -3.07. The van der Waals surface area contributed by atoms with Crippen LogP contribution in [0.4, 0.5) is 15.1 Å². The van der Waals surface area contributed by atoms with Crippen LogP contribution in [0.15, 0.2) is 18.5 Å². The Balaban J connectivity index is 1.30. The summed E-state index contributed by atoms with van der Waals surface area (Å²) in [5, 5.41) is 5.38. The Morgan fingerprint density at radius 3 is 2.17 bits per heavy atom. The maximum absolute atomic E-state index is 16.2. The summed E-state index contributed by atoms with van der Waals surface area (Å²) in [5.41, 5.74) is 2.32. The Labute approximate surface area is 275 Å². The summed E-state index contributed by atoms with van der Waals surface area (Å²) >= 11 is 0. The largest absolute Gasteiger partial charge is 0.373 e. The Bertz CT molecular complexity index is 1350.